The number of nitrogens with one attached hydrogen (secondary N) is 1. The quantitative estimate of drug-likeness (QED) is 0.343. The minimum absolute atomic E-state index is 0.209. The highest BCUT2D eigenvalue weighted by Gasteiger charge is 2.17. The highest BCUT2D eigenvalue weighted by molar-refractivity contribution is 6.45. The van der Waals surface area contributed by atoms with Crippen molar-refractivity contribution < 1.29 is 14.4 Å². The average molecular weight is 400 g/mol. The predicted molar refractivity (Wildman–Crippen MR) is 120 cm³/mol. The first-order valence-electron chi connectivity index (χ1n) is 9.58. The fraction of sp³-hybridized carbons (Fsp3) is 0.120. The number of carbonyl (C=O) groups excluding carboxylic acids is 1. The zero-order valence-corrected chi connectivity index (χ0v) is 17.0. The molecule has 0 aromatic heterocycles. The van der Waals surface area contributed by atoms with Crippen LogP contribution in [0.15, 0.2) is 84.0 Å². The maximum atomic E-state index is 12.2. The monoisotopic (exact) mass is 400 g/mol. The Bertz CT molecular complexity index is 1030. The Labute approximate surface area is 176 Å². The third-order valence-electron chi connectivity index (χ3n) is 4.44. The number of likely N-dealkylation sites (N-methyl/N-ethyl adjacent to an activating group) is 1. The predicted octanol–water partition coefficient (Wildman–Crippen LogP) is 4.53. The molecule has 0 heterocycles. The van der Waals surface area contributed by atoms with E-state index in [0.717, 1.165) is 22.4 Å². The summed E-state index contributed by atoms with van der Waals surface area (Å²) in [5, 5.41) is 6.46. The minimum Gasteiger partial charge on any atom is -0.489 e. The van der Waals surface area contributed by atoms with E-state index in [9.17, 15) is 4.79 Å². The lowest BCUT2D eigenvalue weighted by atomic mass is 10.0. The van der Waals surface area contributed by atoms with Crippen molar-refractivity contribution >= 4 is 23.8 Å². The molecule has 0 saturated carbocycles. The summed E-state index contributed by atoms with van der Waals surface area (Å²) in [7, 11) is 2.97. The van der Waals surface area contributed by atoms with Crippen molar-refractivity contribution in [2.45, 2.75) is 6.61 Å². The van der Waals surface area contributed by atoms with E-state index in [1.165, 1.54) is 7.11 Å². The Balaban J connectivity index is 1.70. The Morgan fingerprint density at radius 2 is 1.53 bits per heavy atom. The molecule has 1 amide bonds. The second-order valence-corrected chi connectivity index (χ2v) is 6.46. The summed E-state index contributed by atoms with van der Waals surface area (Å²) in [5.41, 5.74) is 3.95. The van der Waals surface area contributed by atoms with Gasteiger partial charge in [0.15, 0.2) is 5.71 Å². The fourth-order valence-corrected chi connectivity index (χ4v) is 2.89. The zero-order chi connectivity index (χ0) is 21.2. The molecule has 0 saturated heterocycles. The SMILES string of the molecule is CNC(=O)/C(=N\OC)c1ccccc1COc1ccc(/C=C/c2ccccc2)cc1. The van der Waals surface area contributed by atoms with E-state index in [0.29, 0.717) is 12.2 Å². The maximum absolute atomic E-state index is 12.2. The van der Waals surface area contributed by atoms with Crippen LogP contribution in [0.25, 0.3) is 12.2 Å². The normalized spacial score (nSPS) is 11.3. The number of hydrogen-bond donors (Lipinski definition) is 1. The molecule has 0 aliphatic heterocycles. The lowest BCUT2D eigenvalue weighted by molar-refractivity contribution is -0.114. The van der Waals surface area contributed by atoms with Crippen molar-refractivity contribution in [2.75, 3.05) is 14.2 Å². The Kier molecular flexibility index (Phi) is 7.39. The van der Waals surface area contributed by atoms with Crippen LogP contribution in [0.1, 0.15) is 22.3 Å². The van der Waals surface area contributed by atoms with Crippen molar-refractivity contribution in [2.24, 2.45) is 5.16 Å². The van der Waals surface area contributed by atoms with E-state index in [4.69, 9.17) is 9.57 Å². The van der Waals surface area contributed by atoms with Gasteiger partial charge in [-0.05, 0) is 28.8 Å². The molecule has 152 valence electrons. The molecule has 0 unspecified atom stereocenters. The van der Waals surface area contributed by atoms with Gasteiger partial charge >= 0.3 is 0 Å². The first-order chi connectivity index (χ1) is 14.7. The molecule has 0 fully saturated rings. The molecule has 1 N–H and O–H groups in total. The van der Waals surface area contributed by atoms with E-state index in [1.54, 1.807) is 7.05 Å². The molecule has 3 aromatic carbocycles. The third-order valence-corrected chi connectivity index (χ3v) is 4.44. The molecule has 0 bridgehead atoms. The van der Waals surface area contributed by atoms with E-state index < -0.39 is 0 Å². The highest BCUT2D eigenvalue weighted by Crippen LogP contribution is 2.18. The largest absolute Gasteiger partial charge is 0.489 e. The van der Waals surface area contributed by atoms with Gasteiger partial charge in [-0.2, -0.15) is 0 Å². The van der Waals surface area contributed by atoms with Crippen molar-refractivity contribution in [3.05, 3.63) is 101 Å². The molecule has 0 aliphatic rings. The van der Waals surface area contributed by atoms with E-state index in [1.807, 2.05) is 66.7 Å². The molecule has 0 radical (unpaired) electrons. The van der Waals surface area contributed by atoms with Gasteiger partial charge in [0, 0.05) is 12.6 Å². The number of benzene rings is 3. The van der Waals surface area contributed by atoms with Crippen molar-refractivity contribution in [3.63, 3.8) is 0 Å². The third kappa shape index (κ3) is 5.58. The van der Waals surface area contributed by atoms with Gasteiger partial charge in [-0.25, -0.2) is 0 Å². The lowest BCUT2D eigenvalue weighted by Gasteiger charge is -2.12. The Hall–Kier alpha value is -3.86. The molecule has 5 nitrogen and oxygen atoms in total. The summed E-state index contributed by atoms with van der Waals surface area (Å²) in [4.78, 5) is 17.0. The van der Waals surface area contributed by atoms with Crippen LogP contribution in [0.4, 0.5) is 0 Å². The van der Waals surface area contributed by atoms with Gasteiger partial charge < -0.3 is 14.9 Å². The zero-order valence-electron chi connectivity index (χ0n) is 17.0. The fourth-order valence-electron chi connectivity index (χ4n) is 2.89. The lowest BCUT2D eigenvalue weighted by Crippen LogP contribution is -2.29. The Morgan fingerprint density at radius 3 is 2.20 bits per heavy atom. The first-order valence-corrected chi connectivity index (χ1v) is 9.58. The molecule has 0 atom stereocenters. The molecule has 5 heteroatoms. The van der Waals surface area contributed by atoms with E-state index >= 15 is 0 Å². The minimum atomic E-state index is -0.321. The number of hydrogen-bond acceptors (Lipinski definition) is 4. The van der Waals surface area contributed by atoms with Crippen LogP contribution < -0.4 is 10.1 Å². The number of carbonyl (C=O) groups is 1. The first kappa shape index (κ1) is 20.9. The van der Waals surface area contributed by atoms with Crippen LogP contribution in [-0.4, -0.2) is 25.8 Å². The van der Waals surface area contributed by atoms with Crippen LogP contribution in [-0.2, 0) is 16.2 Å². The van der Waals surface area contributed by atoms with Crippen molar-refractivity contribution in [1.82, 2.24) is 5.32 Å². The summed E-state index contributed by atoms with van der Waals surface area (Å²) >= 11 is 0. The second kappa shape index (κ2) is 10.6. The van der Waals surface area contributed by atoms with Crippen LogP contribution >= 0.6 is 0 Å². The smallest absolute Gasteiger partial charge is 0.273 e. The van der Waals surface area contributed by atoms with E-state index in [2.05, 4.69) is 34.8 Å². The molecule has 30 heavy (non-hydrogen) atoms. The van der Waals surface area contributed by atoms with Gasteiger partial charge in [-0.15, -0.1) is 0 Å². The number of oxime groups is 1. The number of amides is 1. The highest BCUT2D eigenvalue weighted by atomic mass is 16.6. The topological polar surface area (TPSA) is 59.9 Å². The molecular weight excluding hydrogens is 376 g/mol. The van der Waals surface area contributed by atoms with Gasteiger partial charge in [-0.3, -0.25) is 4.79 Å². The summed E-state index contributed by atoms with van der Waals surface area (Å²) < 4.78 is 5.94. The van der Waals surface area contributed by atoms with Crippen molar-refractivity contribution in [1.29, 1.82) is 0 Å². The summed E-state index contributed by atoms with van der Waals surface area (Å²) in [6.07, 6.45) is 4.13. The van der Waals surface area contributed by atoms with Crippen LogP contribution in [0.3, 0.4) is 0 Å². The van der Waals surface area contributed by atoms with Gasteiger partial charge in [-0.1, -0.05) is 84.0 Å². The number of rotatable bonds is 8. The molecule has 3 aromatic rings. The van der Waals surface area contributed by atoms with Crippen LogP contribution in [0, 0.1) is 0 Å². The Morgan fingerprint density at radius 1 is 0.900 bits per heavy atom. The van der Waals surface area contributed by atoms with Gasteiger partial charge in [0.05, 0.1) is 0 Å². The van der Waals surface area contributed by atoms with Gasteiger partial charge in [0.2, 0.25) is 0 Å². The van der Waals surface area contributed by atoms with Gasteiger partial charge in [0.25, 0.3) is 5.91 Å². The average Bonchev–Trinajstić information content (AvgIpc) is 2.81. The molecule has 3 rings (SSSR count). The summed E-state index contributed by atoms with van der Waals surface area (Å²) in [6.45, 7) is 0.301. The number of nitrogens with zero attached hydrogens (tertiary/aromatic N) is 1. The van der Waals surface area contributed by atoms with Gasteiger partial charge in [0.1, 0.15) is 19.5 Å². The summed E-state index contributed by atoms with van der Waals surface area (Å²) in [6, 6.07) is 25.5. The van der Waals surface area contributed by atoms with Crippen LogP contribution in [0.5, 0.6) is 5.75 Å². The second-order valence-electron chi connectivity index (χ2n) is 6.46. The molecule has 0 aliphatic carbocycles. The van der Waals surface area contributed by atoms with Crippen LogP contribution in [0.2, 0.25) is 0 Å². The maximum Gasteiger partial charge on any atom is 0.273 e. The molecule has 0 spiro atoms. The summed E-state index contributed by atoms with van der Waals surface area (Å²) in [5.74, 6) is 0.422. The standard InChI is InChI=1S/C25H24N2O3/c1-26-25(28)24(27-29-2)23-11-7-6-10-21(23)18-30-22-16-14-20(15-17-22)13-12-19-8-4-3-5-9-19/h3-17H,18H2,1-2H3,(H,26,28)/b13-12+,27-24-. The molecular formula is C25H24N2O3. The van der Waals surface area contributed by atoms with Crippen molar-refractivity contribution in [3.8, 4) is 5.75 Å². The van der Waals surface area contributed by atoms with E-state index in [-0.39, 0.29) is 11.6 Å². The number of ether oxygens (including phenoxy) is 1.